The molecule has 2 heterocycles. The summed E-state index contributed by atoms with van der Waals surface area (Å²) in [6.45, 7) is -0.0452. The van der Waals surface area contributed by atoms with Gasteiger partial charge >= 0.3 is 0 Å². The van der Waals surface area contributed by atoms with Crippen molar-refractivity contribution >= 4 is 17.0 Å². The maximum atomic E-state index is 9.35. The van der Waals surface area contributed by atoms with E-state index in [1.807, 2.05) is 24.3 Å². The van der Waals surface area contributed by atoms with E-state index in [9.17, 15) is 5.11 Å². The fourth-order valence-electron chi connectivity index (χ4n) is 1.91. The molecular weight excluding hydrogens is 230 g/mol. The first-order valence-electron chi connectivity index (χ1n) is 5.44. The summed E-state index contributed by atoms with van der Waals surface area (Å²) in [6.07, 6.45) is 3.03. The standard InChI is InChI=1S/C12H11N5O/c13-11-10-12(15-6-14-11)17(7-16-10)9-4-2-1-3-8(9)5-18/h1-4,6-7,18H,5H2,(H2,13,14,15). The van der Waals surface area contributed by atoms with Gasteiger partial charge in [-0.05, 0) is 6.07 Å². The van der Waals surface area contributed by atoms with Crippen LogP contribution in [0.15, 0.2) is 36.9 Å². The predicted octanol–water partition coefficient (Wildman–Crippen LogP) is 0.890. The van der Waals surface area contributed by atoms with Gasteiger partial charge in [0.1, 0.15) is 12.7 Å². The number of fused-ring (bicyclic) bond motifs is 1. The minimum Gasteiger partial charge on any atom is -0.392 e. The van der Waals surface area contributed by atoms with Crippen molar-refractivity contribution < 1.29 is 5.11 Å². The van der Waals surface area contributed by atoms with Crippen LogP contribution >= 0.6 is 0 Å². The molecule has 0 saturated heterocycles. The molecule has 0 spiro atoms. The van der Waals surface area contributed by atoms with Crippen molar-refractivity contribution in [3.63, 3.8) is 0 Å². The second-order valence-electron chi connectivity index (χ2n) is 3.83. The molecule has 0 aliphatic carbocycles. The summed E-state index contributed by atoms with van der Waals surface area (Å²) in [7, 11) is 0. The second kappa shape index (κ2) is 4.08. The van der Waals surface area contributed by atoms with Crippen molar-refractivity contribution in [2.75, 3.05) is 5.73 Å². The van der Waals surface area contributed by atoms with Crippen LogP contribution in [-0.4, -0.2) is 24.6 Å². The van der Waals surface area contributed by atoms with Crippen molar-refractivity contribution in [3.8, 4) is 5.69 Å². The van der Waals surface area contributed by atoms with Gasteiger partial charge in [-0.15, -0.1) is 0 Å². The molecule has 0 aliphatic rings. The Kier molecular flexibility index (Phi) is 2.42. The summed E-state index contributed by atoms with van der Waals surface area (Å²) < 4.78 is 1.79. The second-order valence-corrected chi connectivity index (χ2v) is 3.83. The molecule has 0 radical (unpaired) electrons. The van der Waals surface area contributed by atoms with E-state index in [0.717, 1.165) is 11.3 Å². The molecule has 3 N–H and O–H groups in total. The molecule has 1 aromatic carbocycles. The number of aromatic nitrogens is 4. The Bertz CT molecular complexity index is 707. The maximum absolute atomic E-state index is 9.35. The molecule has 0 atom stereocenters. The highest BCUT2D eigenvalue weighted by Crippen LogP contribution is 2.21. The van der Waals surface area contributed by atoms with E-state index in [1.165, 1.54) is 6.33 Å². The molecule has 0 unspecified atom stereocenters. The smallest absolute Gasteiger partial charge is 0.170 e. The van der Waals surface area contributed by atoms with Gasteiger partial charge in [0.2, 0.25) is 0 Å². The van der Waals surface area contributed by atoms with Crippen molar-refractivity contribution in [3.05, 3.63) is 42.5 Å². The quantitative estimate of drug-likeness (QED) is 0.695. The highest BCUT2D eigenvalue weighted by atomic mass is 16.3. The van der Waals surface area contributed by atoms with Crippen molar-refractivity contribution in [1.82, 2.24) is 19.5 Å². The lowest BCUT2D eigenvalue weighted by atomic mass is 10.2. The van der Waals surface area contributed by atoms with Crippen LogP contribution in [0.2, 0.25) is 0 Å². The third kappa shape index (κ3) is 1.51. The van der Waals surface area contributed by atoms with E-state index in [0.29, 0.717) is 17.0 Å². The van der Waals surface area contributed by atoms with Gasteiger partial charge < -0.3 is 10.8 Å². The number of hydrogen-bond acceptors (Lipinski definition) is 5. The van der Waals surface area contributed by atoms with Crippen molar-refractivity contribution in [2.24, 2.45) is 0 Å². The molecule has 0 aliphatic heterocycles. The maximum Gasteiger partial charge on any atom is 0.170 e. The van der Waals surface area contributed by atoms with E-state index in [4.69, 9.17) is 5.73 Å². The Morgan fingerprint density at radius 1 is 1.17 bits per heavy atom. The molecule has 90 valence electrons. The van der Waals surface area contributed by atoms with E-state index < -0.39 is 0 Å². The fourth-order valence-corrected chi connectivity index (χ4v) is 1.91. The van der Waals surface area contributed by atoms with Gasteiger partial charge in [-0.1, -0.05) is 18.2 Å². The number of nitrogens with two attached hydrogens (primary N) is 1. The number of aliphatic hydroxyl groups excluding tert-OH is 1. The van der Waals surface area contributed by atoms with E-state index >= 15 is 0 Å². The average Bonchev–Trinajstić information content (AvgIpc) is 2.84. The third-order valence-electron chi connectivity index (χ3n) is 2.78. The van der Waals surface area contributed by atoms with E-state index in [2.05, 4.69) is 15.0 Å². The molecule has 3 aromatic rings. The van der Waals surface area contributed by atoms with Crippen LogP contribution < -0.4 is 5.73 Å². The van der Waals surface area contributed by atoms with Gasteiger partial charge in [-0.2, -0.15) is 0 Å². The molecule has 0 amide bonds. The number of aliphatic hydroxyl groups is 1. The number of rotatable bonds is 2. The number of imidazole rings is 1. The topological polar surface area (TPSA) is 89.9 Å². The minimum atomic E-state index is -0.0452. The summed E-state index contributed by atoms with van der Waals surface area (Å²) in [5.41, 5.74) is 8.56. The Hall–Kier alpha value is -2.47. The first-order chi connectivity index (χ1) is 8.81. The van der Waals surface area contributed by atoms with Crippen molar-refractivity contribution in [2.45, 2.75) is 6.61 Å². The number of nitrogens with zero attached hydrogens (tertiary/aromatic N) is 4. The first-order valence-corrected chi connectivity index (χ1v) is 5.44. The molecule has 0 fully saturated rings. The van der Waals surface area contributed by atoms with Crippen LogP contribution in [0.25, 0.3) is 16.9 Å². The van der Waals surface area contributed by atoms with Crippen LogP contribution in [0.1, 0.15) is 5.56 Å². The van der Waals surface area contributed by atoms with Crippen LogP contribution in [0, 0.1) is 0 Å². The monoisotopic (exact) mass is 241 g/mol. The Morgan fingerprint density at radius 2 is 2.00 bits per heavy atom. The summed E-state index contributed by atoms with van der Waals surface area (Å²) in [5, 5.41) is 9.35. The number of para-hydroxylation sites is 1. The number of nitrogen functional groups attached to an aromatic ring is 1. The molecular formula is C12H11N5O. The Balaban J connectivity index is 2.29. The van der Waals surface area contributed by atoms with Gasteiger partial charge in [-0.3, -0.25) is 4.57 Å². The van der Waals surface area contributed by atoms with Crippen LogP contribution in [0.3, 0.4) is 0 Å². The third-order valence-corrected chi connectivity index (χ3v) is 2.78. The largest absolute Gasteiger partial charge is 0.392 e. The molecule has 0 bridgehead atoms. The highest BCUT2D eigenvalue weighted by Gasteiger charge is 2.11. The number of anilines is 1. The zero-order valence-electron chi connectivity index (χ0n) is 9.48. The normalized spacial score (nSPS) is 10.9. The molecule has 18 heavy (non-hydrogen) atoms. The zero-order chi connectivity index (χ0) is 12.5. The summed E-state index contributed by atoms with van der Waals surface area (Å²) in [6, 6.07) is 7.51. The average molecular weight is 241 g/mol. The SMILES string of the molecule is Nc1ncnc2c1ncn2-c1ccccc1CO. The molecule has 0 saturated carbocycles. The summed E-state index contributed by atoms with van der Waals surface area (Å²) in [4.78, 5) is 12.3. The first kappa shape index (κ1) is 10.7. The number of hydrogen-bond donors (Lipinski definition) is 2. The lowest BCUT2D eigenvalue weighted by Gasteiger charge is -2.08. The van der Waals surface area contributed by atoms with Gasteiger partial charge in [-0.25, -0.2) is 15.0 Å². The van der Waals surface area contributed by atoms with Crippen molar-refractivity contribution in [1.29, 1.82) is 0 Å². The van der Waals surface area contributed by atoms with Gasteiger partial charge in [0.25, 0.3) is 0 Å². The summed E-state index contributed by atoms with van der Waals surface area (Å²) in [5.74, 6) is 0.347. The molecule has 2 aromatic heterocycles. The minimum absolute atomic E-state index is 0.0452. The Morgan fingerprint density at radius 3 is 2.83 bits per heavy atom. The van der Waals surface area contributed by atoms with Crippen LogP contribution in [0.5, 0.6) is 0 Å². The molecule has 6 heteroatoms. The van der Waals surface area contributed by atoms with Gasteiger partial charge in [0, 0.05) is 5.56 Å². The lowest BCUT2D eigenvalue weighted by Crippen LogP contribution is -2.00. The van der Waals surface area contributed by atoms with Crippen LogP contribution in [0.4, 0.5) is 5.82 Å². The highest BCUT2D eigenvalue weighted by molar-refractivity contribution is 5.82. The molecule has 6 nitrogen and oxygen atoms in total. The molecule has 3 rings (SSSR count). The predicted molar refractivity (Wildman–Crippen MR) is 67.0 cm³/mol. The zero-order valence-corrected chi connectivity index (χ0v) is 9.48. The number of benzene rings is 1. The summed E-state index contributed by atoms with van der Waals surface area (Å²) >= 11 is 0. The lowest BCUT2D eigenvalue weighted by molar-refractivity contribution is 0.281. The van der Waals surface area contributed by atoms with Crippen LogP contribution in [-0.2, 0) is 6.61 Å². The van der Waals surface area contributed by atoms with E-state index in [-0.39, 0.29) is 6.61 Å². The fraction of sp³-hybridized carbons (Fsp3) is 0.0833. The van der Waals surface area contributed by atoms with E-state index in [1.54, 1.807) is 10.9 Å². The Labute approximate surface area is 103 Å². The van der Waals surface area contributed by atoms with Gasteiger partial charge in [0.05, 0.1) is 12.3 Å². The van der Waals surface area contributed by atoms with Gasteiger partial charge in [0.15, 0.2) is 17.0 Å².